The van der Waals surface area contributed by atoms with E-state index in [2.05, 4.69) is 5.32 Å². The lowest BCUT2D eigenvalue weighted by atomic mass is 9.89. The van der Waals surface area contributed by atoms with E-state index in [9.17, 15) is 14.4 Å². The maximum absolute atomic E-state index is 12.9. The number of fused-ring (bicyclic) bond motifs is 2. The average Bonchev–Trinajstić information content (AvgIpc) is 3.25. The lowest BCUT2D eigenvalue weighted by molar-refractivity contribution is -0.123. The van der Waals surface area contributed by atoms with Gasteiger partial charge in [-0.3, -0.25) is 19.9 Å². The number of carbonyl (C=O) groups is 3. The molecule has 0 saturated carbocycles. The first kappa shape index (κ1) is 19.3. The zero-order valence-electron chi connectivity index (χ0n) is 16.0. The first-order chi connectivity index (χ1) is 14.0. The second-order valence-corrected chi connectivity index (χ2v) is 8.02. The summed E-state index contributed by atoms with van der Waals surface area (Å²) in [7, 11) is 0. The highest BCUT2D eigenvalue weighted by atomic mass is 32.1. The largest absolute Gasteiger partial charge is 0.452 e. The highest BCUT2D eigenvalue weighted by molar-refractivity contribution is 7.12. The lowest BCUT2D eigenvalue weighted by Crippen LogP contribution is -2.33. The third-order valence-electron chi connectivity index (χ3n) is 4.95. The van der Waals surface area contributed by atoms with Gasteiger partial charge in [0.2, 0.25) is 0 Å². The molecule has 0 bridgehead atoms. The maximum atomic E-state index is 12.9. The number of nitrogens with one attached hydrogen (secondary N) is 1. The van der Waals surface area contributed by atoms with Gasteiger partial charge in [-0.25, -0.2) is 4.79 Å². The van der Waals surface area contributed by atoms with Crippen LogP contribution in [-0.2, 0) is 22.4 Å². The first-order valence-corrected chi connectivity index (χ1v) is 10.4. The molecule has 2 amide bonds. The molecule has 148 valence electrons. The second kappa shape index (κ2) is 8.13. The molecule has 1 aliphatic rings. The summed E-state index contributed by atoms with van der Waals surface area (Å²) in [6.45, 7) is 1.44. The summed E-state index contributed by atoms with van der Waals surface area (Å²) < 4.78 is 5.29. The van der Waals surface area contributed by atoms with Crippen LogP contribution in [0.15, 0.2) is 35.7 Å². The molecule has 4 rings (SSSR count). The normalized spacial score (nSPS) is 13.0. The van der Waals surface area contributed by atoms with Crippen LogP contribution in [0.4, 0.5) is 0 Å². The molecule has 2 heterocycles. The molecular formula is C22H20N2O4S. The van der Waals surface area contributed by atoms with Gasteiger partial charge < -0.3 is 4.74 Å². The number of carbonyl (C=O) groups excluding carboxylic acids is 3. The van der Waals surface area contributed by atoms with Gasteiger partial charge >= 0.3 is 5.97 Å². The average molecular weight is 408 g/mol. The summed E-state index contributed by atoms with van der Waals surface area (Å²) in [5.74, 6) is -1.71. The van der Waals surface area contributed by atoms with E-state index < -0.39 is 24.4 Å². The molecule has 0 unspecified atom stereocenters. The molecule has 1 N–H and O–H groups in total. The summed E-state index contributed by atoms with van der Waals surface area (Å²) >= 11 is 1.23. The zero-order chi connectivity index (χ0) is 20.4. The van der Waals surface area contributed by atoms with E-state index in [1.165, 1.54) is 11.3 Å². The van der Waals surface area contributed by atoms with Gasteiger partial charge in [-0.2, -0.15) is 0 Å². The second-order valence-electron chi connectivity index (χ2n) is 7.07. The van der Waals surface area contributed by atoms with Crippen LogP contribution in [0.5, 0.6) is 0 Å². The SMILES string of the molecule is Cc1ccc2nc3c(c(C(=O)OCC(=O)NC(=O)c4cccs4)c2c1)CCCC3. The van der Waals surface area contributed by atoms with Crippen molar-refractivity contribution < 1.29 is 19.1 Å². The molecule has 0 saturated heterocycles. The third-order valence-corrected chi connectivity index (χ3v) is 5.82. The highest BCUT2D eigenvalue weighted by Crippen LogP contribution is 2.30. The number of esters is 1. The van der Waals surface area contributed by atoms with Gasteiger partial charge in [0, 0.05) is 11.1 Å². The Hall–Kier alpha value is -3.06. The fraction of sp³-hybridized carbons (Fsp3) is 0.273. The minimum atomic E-state index is -0.653. The van der Waals surface area contributed by atoms with Crippen LogP contribution < -0.4 is 5.32 Å². The topological polar surface area (TPSA) is 85.4 Å². The van der Waals surface area contributed by atoms with Gasteiger partial charge in [0.1, 0.15) is 0 Å². The first-order valence-electron chi connectivity index (χ1n) is 9.50. The number of imide groups is 1. The van der Waals surface area contributed by atoms with Crippen LogP contribution in [0.2, 0.25) is 0 Å². The number of aromatic nitrogens is 1. The summed E-state index contributed by atoms with van der Waals surface area (Å²) in [5, 5.41) is 4.73. The number of rotatable bonds is 4. The number of nitrogens with zero attached hydrogens (tertiary/aromatic N) is 1. The molecule has 3 aromatic rings. The molecule has 0 fully saturated rings. The highest BCUT2D eigenvalue weighted by Gasteiger charge is 2.24. The molecule has 7 heteroatoms. The summed E-state index contributed by atoms with van der Waals surface area (Å²) in [6.07, 6.45) is 3.62. The van der Waals surface area contributed by atoms with E-state index in [1.807, 2.05) is 25.1 Å². The van der Waals surface area contributed by atoms with Crippen LogP contribution in [0.25, 0.3) is 10.9 Å². The molecule has 6 nitrogen and oxygen atoms in total. The van der Waals surface area contributed by atoms with Crippen molar-refractivity contribution in [2.45, 2.75) is 32.6 Å². The fourth-order valence-corrected chi connectivity index (χ4v) is 4.23. The molecule has 0 spiro atoms. The number of hydrogen-bond donors (Lipinski definition) is 1. The Morgan fingerprint density at radius 2 is 2.00 bits per heavy atom. The van der Waals surface area contributed by atoms with Crippen molar-refractivity contribution in [2.75, 3.05) is 6.61 Å². The van der Waals surface area contributed by atoms with Gasteiger partial charge in [-0.05, 0) is 61.7 Å². The van der Waals surface area contributed by atoms with Crippen LogP contribution in [0.1, 0.15) is 49.7 Å². The van der Waals surface area contributed by atoms with Crippen molar-refractivity contribution in [1.82, 2.24) is 10.3 Å². The van der Waals surface area contributed by atoms with Crippen molar-refractivity contribution in [1.29, 1.82) is 0 Å². The van der Waals surface area contributed by atoms with Gasteiger partial charge in [-0.1, -0.05) is 17.7 Å². The monoisotopic (exact) mass is 408 g/mol. The van der Waals surface area contributed by atoms with Crippen LogP contribution in [-0.4, -0.2) is 29.4 Å². The molecule has 1 aliphatic carbocycles. The van der Waals surface area contributed by atoms with E-state index in [-0.39, 0.29) is 0 Å². The third kappa shape index (κ3) is 4.05. The van der Waals surface area contributed by atoms with Crippen molar-refractivity contribution in [3.8, 4) is 0 Å². The molecule has 1 aromatic carbocycles. The van der Waals surface area contributed by atoms with E-state index in [0.717, 1.165) is 53.4 Å². The van der Waals surface area contributed by atoms with E-state index in [1.54, 1.807) is 17.5 Å². The smallest absolute Gasteiger partial charge is 0.339 e. The fourth-order valence-electron chi connectivity index (χ4n) is 3.61. The number of thiophene rings is 1. The van der Waals surface area contributed by atoms with Gasteiger partial charge in [0.25, 0.3) is 11.8 Å². The molecule has 0 atom stereocenters. The number of ether oxygens (including phenoxy) is 1. The van der Waals surface area contributed by atoms with Crippen molar-refractivity contribution in [2.24, 2.45) is 0 Å². The van der Waals surface area contributed by atoms with Gasteiger partial charge in [-0.15, -0.1) is 11.3 Å². The van der Waals surface area contributed by atoms with Crippen LogP contribution >= 0.6 is 11.3 Å². The number of benzene rings is 1. The summed E-state index contributed by atoms with van der Waals surface area (Å²) in [5.41, 5.74) is 4.10. The Balaban J connectivity index is 1.55. The number of hydrogen-bond acceptors (Lipinski definition) is 6. The minimum Gasteiger partial charge on any atom is -0.452 e. The van der Waals surface area contributed by atoms with Crippen LogP contribution in [0.3, 0.4) is 0 Å². The number of amides is 2. The maximum Gasteiger partial charge on any atom is 0.339 e. The Morgan fingerprint density at radius 3 is 2.79 bits per heavy atom. The summed E-state index contributed by atoms with van der Waals surface area (Å²) in [6, 6.07) is 9.14. The number of pyridine rings is 1. The van der Waals surface area contributed by atoms with Gasteiger partial charge in [0.15, 0.2) is 6.61 Å². The van der Waals surface area contributed by atoms with Crippen molar-refractivity contribution in [3.05, 3.63) is 63.0 Å². The van der Waals surface area contributed by atoms with Gasteiger partial charge in [0.05, 0.1) is 16.0 Å². The number of aryl methyl sites for hydroxylation is 2. The Kier molecular flexibility index (Phi) is 5.40. The predicted molar refractivity (Wildman–Crippen MR) is 110 cm³/mol. The molecule has 29 heavy (non-hydrogen) atoms. The Bertz CT molecular complexity index is 1110. The summed E-state index contributed by atoms with van der Waals surface area (Å²) in [4.78, 5) is 42.1. The lowest BCUT2D eigenvalue weighted by Gasteiger charge is -2.20. The van der Waals surface area contributed by atoms with Crippen molar-refractivity contribution in [3.63, 3.8) is 0 Å². The quantitative estimate of drug-likeness (QED) is 0.667. The van der Waals surface area contributed by atoms with E-state index >= 15 is 0 Å². The zero-order valence-corrected chi connectivity index (χ0v) is 16.8. The molecule has 0 aliphatic heterocycles. The Labute approximate surface area is 171 Å². The standard InChI is InChI=1S/C22H20N2O4S/c1-13-8-9-17-15(11-13)20(14-5-2-3-6-16(14)23-17)22(27)28-12-19(25)24-21(26)18-7-4-10-29-18/h4,7-11H,2-3,5-6,12H2,1H3,(H,24,25,26). The Morgan fingerprint density at radius 1 is 1.17 bits per heavy atom. The van der Waals surface area contributed by atoms with Crippen LogP contribution in [0, 0.1) is 6.92 Å². The van der Waals surface area contributed by atoms with E-state index in [0.29, 0.717) is 10.4 Å². The predicted octanol–water partition coefficient (Wildman–Crippen LogP) is 3.60. The van der Waals surface area contributed by atoms with Crippen molar-refractivity contribution >= 4 is 40.0 Å². The molecule has 2 aromatic heterocycles. The van der Waals surface area contributed by atoms with E-state index in [4.69, 9.17) is 9.72 Å². The molecule has 0 radical (unpaired) electrons. The molecular weight excluding hydrogens is 388 g/mol. The minimum absolute atomic E-state index is 0.425.